The normalized spacial score (nSPS) is 11.9. The highest BCUT2D eigenvalue weighted by Crippen LogP contribution is 2.29. The molecule has 2 heterocycles. The van der Waals surface area contributed by atoms with Gasteiger partial charge in [-0.2, -0.15) is 13.2 Å². The Balaban J connectivity index is 2.68. The van der Waals surface area contributed by atoms with Crippen molar-refractivity contribution in [3.63, 3.8) is 0 Å². The summed E-state index contributed by atoms with van der Waals surface area (Å²) < 4.78 is 38.7. The summed E-state index contributed by atoms with van der Waals surface area (Å²) in [6.07, 6.45) is -4.04. The molecule has 0 saturated carbocycles. The van der Waals surface area contributed by atoms with Crippen LogP contribution >= 0.6 is 0 Å². The largest absolute Gasteiger partial charge is 0.481 e. The number of carbonyl (C=O) groups is 1. The van der Waals surface area contributed by atoms with E-state index in [4.69, 9.17) is 5.11 Å². The van der Waals surface area contributed by atoms with E-state index in [1.807, 2.05) is 0 Å². The SMILES string of the molecule is O=C(O)Cc1cccc2cnc(C(F)(F)F)n12. The smallest absolute Gasteiger partial charge is 0.450 e. The number of carboxylic acids is 1. The number of pyridine rings is 1. The fourth-order valence-corrected chi connectivity index (χ4v) is 1.61. The van der Waals surface area contributed by atoms with E-state index < -0.39 is 24.4 Å². The van der Waals surface area contributed by atoms with Gasteiger partial charge < -0.3 is 5.11 Å². The van der Waals surface area contributed by atoms with E-state index in [1.165, 1.54) is 18.2 Å². The number of rotatable bonds is 2. The fourth-order valence-electron chi connectivity index (χ4n) is 1.61. The van der Waals surface area contributed by atoms with Crippen LogP contribution in [0.1, 0.15) is 11.5 Å². The van der Waals surface area contributed by atoms with Crippen molar-refractivity contribution in [2.45, 2.75) is 12.6 Å². The molecule has 7 heteroatoms. The molecule has 0 spiro atoms. The summed E-state index contributed by atoms with van der Waals surface area (Å²) in [5.74, 6) is -2.30. The van der Waals surface area contributed by atoms with Crippen molar-refractivity contribution in [3.8, 4) is 0 Å². The Hall–Kier alpha value is -2.05. The lowest BCUT2D eigenvalue weighted by atomic mass is 10.2. The van der Waals surface area contributed by atoms with Gasteiger partial charge in [0, 0.05) is 5.69 Å². The van der Waals surface area contributed by atoms with Crippen molar-refractivity contribution in [1.29, 1.82) is 0 Å². The molecule has 0 aliphatic rings. The highest BCUT2D eigenvalue weighted by atomic mass is 19.4. The molecule has 0 radical (unpaired) electrons. The first-order valence-corrected chi connectivity index (χ1v) is 4.64. The number of imidazole rings is 1. The minimum absolute atomic E-state index is 0.0415. The van der Waals surface area contributed by atoms with E-state index in [0.717, 1.165) is 10.6 Å². The minimum atomic E-state index is -4.61. The van der Waals surface area contributed by atoms with Crippen LogP contribution in [0.4, 0.5) is 13.2 Å². The quantitative estimate of drug-likeness (QED) is 0.878. The third-order valence-corrected chi connectivity index (χ3v) is 2.22. The van der Waals surface area contributed by atoms with Gasteiger partial charge in [-0.25, -0.2) is 4.98 Å². The Morgan fingerprint density at radius 3 is 2.71 bits per heavy atom. The van der Waals surface area contributed by atoms with Gasteiger partial charge in [-0.3, -0.25) is 9.20 Å². The molecule has 0 fully saturated rings. The van der Waals surface area contributed by atoms with E-state index in [-0.39, 0.29) is 11.2 Å². The van der Waals surface area contributed by atoms with Gasteiger partial charge >= 0.3 is 12.1 Å². The summed E-state index contributed by atoms with van der Waals surface area (Å²) in [6.45, 7) is 0. The Bertz CT molecular complexity index is 574. The zero-order chi connectivity index (χ0) is 12.6. The molecule has 0 aliphatic heterocycles. The average molecular weight is 244 g/mol. The van der Waals surface area contributed by atoms with Gasteiger partial charge in [-0.1, -0.05) is 6.07 Å². The molecule has 2 aromatic heterocycles. The zero-order valence-electron chi connectivity index (χ0n) is 8.40. The average Bonchev–Trinajstić information content (AvgIpc) is 2.60. The van der Waals surface area contributed by atoms with Gasteiger partial charge in [0.2, 0.25) is 5.82 Å². The standard InChI is InChI=1S/C10H7F3N2O2/c11-10(12,13)9-14-5-7-3-1-2-6(15(7)9)4-8(16)17/h1-3,5H,4H2,(H,16,17). The van der Waals surface area contributed by atoms with Crippen LogP contribution in [-0.2, 0) is 17.4 Å². The number of alkyl halides is 3. The predicted octanol–water partition coefficient (Wildman–Crippen LogP) is 1.98. The molecule has 1 N–H and O–H groups in total. The number of hydrogen-bond acceptors (Lipinski definition) is 2. The van der Waals surface area contributed by atoms with Crippen LogP contribution < -0.4 is 0 Å². The molecule has 0 amide bonds. The minimum Gasteiger partial charge on any atom is -0.481 e. The summed E-state index contributed by atoms with van der Waals surface area (Å²) >= 11 is 0. The lowest BCUT2D eigenvalue weighted by molar-refractivity contribution is -0.146. The Labute approximate surface area is 93.3 Å². The summed E-state index contributed by atoms with van der Waals surface area (Å²) in [5, 5.41) is 8.64. The van der Waals surface area contributed by atoms with E-state index in [0.29, 0.717) is 0 Å². The van der Waals surface area contributed by atoms with Crippen molar-refractivity contribution in [3.05, 3.63) is 35.9 Å². The van der Waals surface area contributed by atoms with Gasteiger partial charge in [0.25, 0.3) is 0 Å². The van der Waals surface area contributed by atoms with Gasteiger partial charge in [0.05, 0.1) is 18.1 Å². The molecule has 0 aliphatic carbocycles. The van der Waals surface area contributed by atoms with Gasteiger partial charge in [0.1, 0.15) is 0 Å². The first-order valence-electron chi connectivity index (χ1n) is 4.64. The van der Waals surface area contributed by atoms with Crippen LogP contribution in [-0.4, -0.2) is 20.5 Å². The first kappa shape index (κ1) is 11.4. The van der Waals surface area contributed by atoms with E-state index in [1.54, 1.807) is 0 Å². The second-order valence-electron chi connectivity index (χ2n) is 3.43. The molecule has 0 aromatic carbocycles. The van der Waals surface area contributed by atoms with Crippen LogP contribution in [0.5, 0.6) is 0 Å². The van der Waals surface area contributed by atoms with Crippen LogP contribution in [0.2, 0.25) is 0 Å². The van der Waals surface area contributed by atoms with Crippen molar-refractivity contribution < 1.29 is 23.1 Å². The molecular weight excluding hydrogens is 237 g/mol. The number of halogens is 3. The number of fused-ring (bicyclic) bond motifs is 1. The van der Waals surface area contributed by atoms with Crippen LogP contribution in [0.3, 0.4) is 0 Å². The molecule has 0 saturated heterocycles. The van der Waals surface area contributed by atoms with Crippen molar-refractivity contribution >= 4 is 11.5 Å². The van der Waals surface area contributed by atoms with Crippen molar-refractivity contribution in [2.75, 3.05) is 0 Å². The highest BCUT2D eigenvalue weighted by Gasteiger charge is 2.36. The highest BCUT2D eigenvalue weighted by molar-refractivity contribution is 5.70. The first-order chi connectivity index (χ1) is 7.89. The second-order valence-corrected chi connectivity index (χ2v) is 3.43. The summed E-state index contributed by atoms with van der Waals surface area (Å²) in [5.41, 5.74) is 0.260. The second kappa shape index (κ2) is 3.76. The van der Waals surface area contributed by atoms with Gasteiger partial charge in [-0.05, 0) is 12.1 Å². The number of hydrogen-bond donors (Lipinski definition) is 1. The van der Waals surface area contributed by atoms with Crippen molar-refractivity contribution in [1.82, 2.24) is 9.38 Å². The fraction of sp³-hybridized carbons (Fsp3) is 0.200. The summed E-state index contributed by atoms with van der Waals surface area (Å²) in [4.78, 5) is 13.9. The third-order valence-electron chi connectivity index (χ3n) is 2.22. The Morgan fingerprint density at radius 2 is 2.12 bits per heavy atom. The monoisotopic (exact) mass is 244 g/mol. The molecule has 4 nitrogen and oxygen atoms in total. The number of aromatic nitrogens is 2. The molecule has 2 aromatic rings. The molecule has 17 heavy (non-hydrogen) atoms. The molecule has 0 bridgehead atoms. The lowest BCUT2D eigenvalue weighted by Gasteiger charge is -2.09. The number of carboxylic acid groups (broad SMARTS) is 1. The zero-order valence-corrected chi connectivity index (χ0v) is 8.40. The molecule has 90 valence electrons. The van der Waals surface area contributed by atoms with Crippen LogP contribution in [0.25, 0.3) is 5.52 Å². The maximum Gasteiger partial charge on any atom is 0.450 e. The summed E-state index contributed by atoms with van der Waals surface area (Å²) in [6, 6.07) is 4.26. The lowest BCUT2D eigenvalue weighted by Crippen LogP contribution is -2.14. The molecule has 0 unspecified atom stereocenters. The molecule has 2 rings (SSSR count). The number of aliphatic carboxylic acids is 1. The van der Waals surface area contributed by atoms with Crippen molar-refractivity contribution in [2.24, 2.45) is 0 Å². The van der Waals surface area contributed by atoms with Crippen LogP contribution in [0.15, 0.2) is 24.4 Å². The molecular formula is C10H7F3N2O2. The topological polar surface area (TPSA) is 54.6 Å². The third kappa shape index (κ3) is 2.08. The Kier molecular flexibility index (Phi) is 2.53. The number of nitrogens with zero attached hydrogens (tertiary/aromatic N) is 2. The maximum absolute atomic E-state index is 12.6. The van der Waals surface area contributed by atoms with E-state index >= 15 is 0 Å². The van der Waals surface area contributed by atoms with Crippen LogP contribution in [0, 0.1) is 0 Å². The predicted molar refractivity (Wildman–Crippen MR) is 51.5 cm³/mol. The Morgan fingerprint density at radius 1 is 1.41 bits per heavy atom. The van der Waals surface area contributed by atoms with Gasteiger partial charge in [0.15, 0.2) is 0 Å². The van der Waals surface area contributed by atoms with E-state index in [9.17, 15) is 18.0 Å². The summed E-state index contributed by atoms with van der Waals surface area (Å²) in [7, 11) is 0. The molecule has 0 atom stereocenters. The van der Waals surface area contributed by atoms with Gasteiger partial charge in [-0.15, -0.1) is 0 Å². The van der Waals surface area contributed by atoms with E-state index in [2.05, 4.69) is 4.98 Å². The maximum atomic E-state index is 12.6.